The van der Waals surface area contributed by atoms with E-state index in [2.05, 4.69) is 19.2 Å². The van der Waals surface area contributed by atoms with Crippen LogP contribution < -0.4 is 5.32 Å². The average molecular weight is 239 g/mol. The van der Waals surface area contributed by atoms with Crippen LogP contribution in [-0.4, -0.2) is 6.04 Å². The van der Waals surface area contributed by atoms with Crippen LogP contribution in [0.5, 0.6) is 0 Å². The van der Waals surface area contributed by atoms with Gasteiger partial charge in [-0.3, -0.25) is 0 Å². The van der Waals surface area contributed by atoms with Gasteiger partial charge in [0.2, 0.25) is 0 Å². The summed E-state index contributed by atoms with van der Waals surface area (Å²) >= 11 is 0. The summed E-state index contributed by atoms with van der Waals surface area (Å²) in [7, 11) is 0. The van der Waals surface area contributed by atoms with Gasteiger partial charge in [0.25, 0.3) is 0 Å². The molecule has 1 aliphatic carbocycles. The van der Waals surface area contributed by atoms with Crippen molar-refractivity contribution in [2.24, 2.45) is 11.8 Å². The second kappa shape index (κ2) is 5.03. The maximum Gasteiger partial charge on any atom is 0.160 e. The molecule has 0 saturated heterocycles. The summed E-state index contributed by atoms with van der Waals surface area (Å²) in [6.45, 7) is 4.48. The smallest absolute Gasteiger partial charge is 0.160 e. The largest absolute Gasteiger partial charge is 0.382 e. The Bertz CT molecular complexity index is 392. The lowest BCUT2D eigenvalue weighted by Crippen LogP contribution is -2.33. The van der Waals surface area contributed by atoms with Gasteiger partial charge >= 0.3 is 0 Å². The number of benzene rings is 1. The Balaban J connectivity index is 2.02. The summed E-state index contributed by atoms with van der Waals surface area (Å²) in [6, 6.07) is 4.38. The van der Waals surface area contributed by atoms with Crippen molar-refractivity contribution in [3.63, 3.8) is 0 Å². The molecule has 1 aromatic carbocycles. The second-order valence-corrected chi connectivity index (χ2v) is 5.28. The second-order valence-electron chi connectivity index (χ2n) is 5.28. The highest BCUT2D eigenvalue weighted by atomic mass is 19.2. The SMILES string of the molecule is CC1CCC(Nc2ccc(F)c(F)c2)C(C)C1. The van der Waals surface area contributed by atoms with Crippen LogP contribution in [0.1, 0.15) is 33.1 Å². The van der Waals surface area contributed by atoms with E-state index in [4.69, 9.17) is 0 Å². The van der Waals surface area contributed by atoms with E-state index in [9.17, 15) is 8.78 Å². The van der Waals surface area contributed by atoms with Crippen LogP contribution in [0.25, 0.3) is 0 Å². The molecule has 0 aliphatic heterocycles. The summed E-state index contributed by atoms with van der Waals surface area (Å²) < 4.78 is 25.9. The van der Waals surface area contributed by atoms with Crippen molar-refractivity contribution in [2.75, 3.05) is 5.32 Å². The van der Waals surface area contributed by atoms with Crippen molar-refractivity contribution in [1.29, 1.82) is 0 Å². The van der Waals surface area contributed by atoms with E-state index in [0.717, 1.165) is 12.3 Å². The summed E-state index contributed by atoms with van der Waals surface area (Å²) in [5, 5.41) is 3.31. The van der Waals surface area contributed by atoms with E-state index < -0.39 is 11.6 Å². The Labute approximate surface area is 101 Å². The van der Waals surface area contributed by atoms with Gasteiger partial charge in [-0.05, 0) is 43.2 Å². The molecule has 0 aromatic heterocycles. The molecule has 1 saturated carbocycles. The molecule has 1 N–H and O–H groups in total. The first-order valence-corrected chi connectivity index (χ1v) is 6.28. The molecular weight excluding hydrogens is 220 g/mol. The highest BCUT2D eigenvalue weighted by molar-refractivity contribution is 5.44. The van der Waals surface area contributed by atoms with E-state index in [1.54, 1.807) is 6.07 Å². The first kappa shape index (κ1) is 12.3. The summed E-state index contributed by atoms with van der Waals surface area (Å²) in [5.74, 6) is -0.229. The van der Waals surface area contributed by atoms with Crippen molar-refractivity contribution < 1.29 is 8.78 Å². The number of rotatable bonds is 2. The Morgan fingerprint density at radius 1 is 1.12 bits per heavy atom. The third-order valence-corrected chi connectivity index (χ3v) is 3.70. The fourth-order valence-electron chi connectivity index (χ4n) is 2.68. The lowest BCUT2D eigenvalue weighted by molar-refractivity contribution is 0.276. The standard InChI is InChI=1S/C14H19F2N/c1-9-3-6-14(10(2)7-9)17-11-4-5-12(15)13(16)8-11/h4-5,8-10,14,17H,3,6-7H2,1-2H3. The number of hydrogen-bond donors (Lipinski definition) is 1. The predicted octanol–water partition coefficient (Wildman–Crippen LogP) is 4.20. The first-order valence-electron chi connectivity index (χ1n) is 6.28. The molecule has 1 aliphatic rings. The zero-order valence-corrected chi connectivity index (χ0v) is 10.3. The molecule has 94 valence electrons. The van der Waals surface area contributed by atoms with E-state index in [1.165, 1.54) is 25.0 Å². The molecule has 1 nitrogen and oxygen atoms in total. The van der Waals surface area contributed by atoms with Crippen LogP contribution >= 0.6 is 0 Å². The molecule has 0 heterocycles. The van der Waals surface area contributed by atoms with Crippen molar-refractivity contribution >= 4 is 5.69 Å². The molecule has 3 atom stereocenters. The van der Waals surface area contributed by atoms with Crippen LogP contribution in [0.4, 0.5) is 14.5 Å². The molecule has 2 rings (SSSR count). The molecule has 17 heavy (non-hydrogen) atoms. The summed E-state index contributed by atoms with van der Waals surface area (Å²) in [6.07, 6.45) is 3.49. The summed E-state index contributed by atoms with van der Waals surface area (Å²) in [5.41, 5.74) is 0.676. The molecule has 3 unspecified atom stereocenters. The zero-order valence-electron chi connectivity index (χ0n) is 10.3. The van der Waals surface area contributed by atoms with Crippen LogP contribution in [0.2, 0.25) is 0 Å². The lowest BCUT2D eigenvalue weighted by atomic mass is 9.80. The van der Waals surface area contributed by atoms with Crippen LogP contribution in [-0.2, 0) is 0 Å². The van der Waals surface area contributed by atoms with Crippen molar-refractivity contribution in [2.45, 2.75) is 39.2 Å². The molecule has 0 spiro atoms. The molecule has 3 heteroatoms. The average Bonchev–Trinajstić information content (AvgIpc) is 2.27. The molecular formula is C14H19F2N. The predicted molar refractivity (Wildman–Crippen MR) is 65.9 cm³/mol. The molecule has 1 aromatic rings. The van der Waals surface area contributed by atoms with E-state index in [0.29, 0.717) is 17.6 Å². The lowest BCUT2D eigenvalue weighted by Gasteiger charge is -2.33. The van der Waals surface area contributed by atoms with Crippen molar-refractivity contribution in [1.82, 2.24) is 0 Å². The molecule has 0 radical (unpaired) electrons. The number of hydrogen-bond acceptors (Lipinski definition) is 1. The normalized spacial score (nSPS) is 29.1. The quantitative estimate of drug-likeness (QED) is 0.815. The van der Waals surface area contributed by atoms with E-state index >= 15 is 0 Å². The van der Waals surface area contributed by atoms with Crippen LogP contribution in [0.15, 0.2) is 18.2 Å². The number of anilines is 1. The zero-order chi connectivity index (χ0) is 12.4. The Morgan fingerprint density at radius 2 is 1.88 bits per heavy atom. The third-order valence-electron chi connectivity index (χ3n) is 3.70. The highest BCUT2D eigenvalue weighted by Gasteiger charge is 2.25. The monoisotopic (exact) mass is 239 g/mol. The van der Waals surface area contributed by atoms with Crippen LogP contribution in [0.3, 0.4) is 0 Å². The van der Waals surface area contributed by atoms with Crippen LogP contribution in [0, 0.1) is 23.5 Å². The van der Waals surface area contributed by atoms with Gasteiger partial charge in [0.1, 0.15) is 0 Å². The number of nitrogens with one attached hydrogen (secondary N) is 1. The highest BCUT2D eigenvalue weighted by Crippen LogP contribution is 2.30. The molecule has 0 amide bonds. The minimum atomic E-state index is -0.791. The first-order chi connectivity index (χ1) is 8.06. The van der Waals surface area contributed by atoms with Gasteiger partial charge in [-0.15, -0.1) is 0 Å². The Kier molecular flexibility index (Phi) is 3.65. The van der Waals surface area contributed by atoms with E-state index in [-0.39, 0.29) is 0 Å². The van der Waals surface area contributed by atoms with Gasteiger partial charge in [0.15, 0.2) is 11.6 Å². The van der Waals surface area contributed by atoms with Gasteiger partial charge in [0.05, 0.1) is 0 Å². The Hall–Kier alpha value is -1.12. The molecule has 0 bridgehead atoms. The maximum atomic E-state index is 13.1. The topological polar surface area (TPSA) is 12.0 Å². The van der Waals surface area contributed by atoms with Gasteiger partial charge < -0.3 is 5.32 Å². The Morgan fingerprint density at radius 3 is 2.53 bits per heavy atom. The minimum Gasteiger partial charge on any atom is -0.382 e. The van der Waals surface area contributed by atoms with Gasteiger partial charge in [-0.2, -0.15) is 0 Å². The summed E-state index contributed by atoms with van der Waals surface area (Å²) in [4.78, 5) is 0. The van der Waals surface area contributed by atoms with Gasteiger partial charge in [-0.1, -0.05) is 13.8 Å². The maximum absolute atomic E-state index is 13.1. The van der Waals surface area contributed by atoms with Crippen molar-refractivity contribution in [3.8, 4) is 0 Å². The van der Waals surface area contributed by atoms with Gasteiger partial charge in [-0.25, -0.2) is 8.78 Å². The third kappa shape index (κ3) is 2.96. The van der Waals surface area contributed by atoms with Crippen molar-refractivity contribution in [3.05, 3.63) is 29.8 Å². The fraction of sp³-hybridized carbons (Fsp3) is 0.571. The minimum absolute atomic E-state index is 0.371. The fourth-order valence-corrected chi connectivity index (χ4v) is 2.68. The molecule has 1 fully saturated rings. The van der Waals surface area contributed by atoms with E-state index in [1.807, 2.05) is 0 Å². The number of halogens is 2. The van der Waals surface area contributed by atoms with Gasteiger partial charge in [0, 0.05) is 17.8 Å².